The van der Waals surface area contributed by atoms with E-state index in [1.165, 1.54) is 6.42 Å². The Morgan fingerprint density at radius 2 is 2.15 bits per heavy atom. The largest absolute Gasteiger partial charge is 0.372 e. The molecule has 76 valence electrons. The highest BCUT2D eigenvalue weighted by molar-refractivity contribution is 6.17. The van der Waals surface area contributed by atoms with Crippen molar-refractivity contribution < 1.29 is 0 Å². The number of unbranched alkanes of at least 4 members (excludes halogenated alkanes) is 1. The van der Waals surface area contributed by atoms with Crippen molar-refractivity contribution in [2.75, 3.05) is 12.5 Å². The van der Waals surface area contributed by atoms with Crippen LogP contribution in [0.15, 0.2) is 16.5 Å². The van der Waals surface area contributed by atoms with E-state index in [9.17, 15) is 0 Å². The first-order chi connectivity index (χ1) is 6.26. The quantitative estimate of drug-likeness (QED) is 0.288. The molecule has 0 saturated carbocycles. The van der Waals surface area contributed by atoms with E-state index in [2.05, 4.69) is 29.3 Å². The lowest BCUT2D eigenvalue weighted by Gasteiger charge is -2.10. The van der Waals surface area contributed by atoms with E-state index in [4.69, 9.17) is 11.6 Å². The Morgan fingerprint density at radius 1 is 1.46 bits per heavy atom. The van der Waals surface area contributed by atoms with Crippen LogP contribution in [0.2, 0.25) is 0 Å². The maximum absolute atomic E-state index is 5.52. The van der Waals surface area contributed by atoms with Gasteiger partial charge in [0.1, 0.15) is 5.82 Å². The van der Waals surface area contributed by atoms with Crippen LogP contribution in [-0.4, -0.2) is 19.3 Å². The molecule has 0 aliphatic rings. The van der Waals surface area contributed by atoms with Crippen LogP contribution in [0.5, 0.6) is 0 Å². The van der Waals surface area contributed by atoms with Gasteiger partial charge in [0.05, 0.1) is 11.7 Å². The summed E-state index contributed by atoms with van der Waals surface area (Å²) in [5.41, 5.74) is 0.932. The van der Waals surface area contributed by atoms with Gasteiger partial charge in [0.2, 0.25) is 0 Å². The molecule has 0 radical (unpaired) electrons. The monoisotopic (exact) mass is 203 g/mol. The molecule has 0 bridgehead atoms. The third-order valence-electron chi connectivity index (χ3n) is 1.67. The number of hydrogen-bond donors (Lipinski definition) is 2. The molecule has 0 unspecified atom stereocenters. The molecule has 0 spiro atoms. The van der Waals surface area contributed by atoms with Crippen molar-refractivity contribution in [3.05, 3.63) is 11.5 Å². The standard InChI is InChI=1S/C9H18ClN3/c1-4-5-6-12-9(11-3)8(2)13-7-10/h12-13H,3-7H2,1-2H3/b9-8+. The number of nitrogens with zero attached hydrogens (tertiary/aromatic N) is 1. The average molecular weight is 204 g/mol. The maximum Gasteiger partial charge on any atom is 0.144 e. The summed E-state index contributed by atoms with van der Waals surface area (Å²) in [6.07, 6.45) is 2.30. The second kappa shape index (κ2) is 7.92. The van der Waals surface area contributed by atoms with Crippen molar-refractivity contribution >= 4 is 18.3 Å². The van der Waals surface area contributed by atoms with Gasteiger partial charge >= 0.3 is 0 Å². The van der Waals surface area contributed by atoms with E-state index in [1.807, 2.05) is 6.92 Å². The first kappa shape index (κ1) is 12.3. The number of allylic oxidation sites excluding steroid dienone is 1. The predicted molar refractivity (Wildman–Crippen MR) is 59.0 cm³/mol. The van der Waals surface area contributed by atoms with Gasteiger partial charge in [-0.05, 0) is 20.1 Å². The molecule has 0 heterocycles. The molecule has 0 amide bonds. The summed E-state index contributed by atoms with van der Waals surface area (Å²) in [7, 11) is 0. The summed E-state index contributed by atoms with van der Waals surface area (Å²) in [4.78, 5) is 3.88. The fourth-order valence-corrected chi connectivity index (χ4v) is 1.08. The van der Waals surface area contributed by atoms with Gasteiger partial charge in [-0.25, -0.2) is 4.99 Å². The number of halogens is 1. The molecule has 0 saturated heterocycles. The van der Waals surface area contributed by atoms with Crippen molar-refractivity contribution in [2.45, 2.75) is 26.7 Å². The predicted octanol–water partition coefficient (Wildman–Crippen LogP) is 2.05. The molecule has 3 nitrogen and oxygen atoms in total. The van der Waals surface area contributed by atoms with E-state index < -0.39 is 0 Å². The summed E-state index contributed by atoms with van der Waals surface area (Å²) < 4.78 is 0. The van der Waals surface area contributed by atoms with Crippen LogP contribution < -0.4 is 10.6 Å². The lowest BCUT2D eigenvalue weighted by atomic mass is 10.3. The summed E-state index contributed by atoms with van der Waals surface area (Å²) in [5, 5.41) is 6.16. The van der Waals surface area contributed by atoms with E-state index in [0.29, 0.717) is 6.00 Å². The van der Waals surface area contributed by atoms with Crippen LogP contribution in [0.3, 0.4) is 0 Å². The van der Waals surface area contributed by atoms with Crippen LogP contribution in [0, 0.1) is 0 Å². The third-order valence-corrected chi connectivity index (χ3v) is 1.80. The van der Waals surface area contributed by atoms with Gasteiger partial charge in [-0.15, -0.1) is 11.6 Å². The molecule has 0 aromatic heterocycles. The number of aliphatic imine (C=N–C) groups is 1. The fourth-order valence-electron chi connectivity index (χ4n) is 0.875. The smallest absolute Gasteiger partial charge is 0.144 e. The lowest BCUT2D eigenvalue weighted by Crippen LogP contribution is -2.20. The minimum Gasteiger partial charge on any atom is -0.372 e. The first-order valence-electron chi connectivity index (χ1n) is 4.47. The zero-order valence-electron chi connectivity index (χ0n) is 8.36. The fraction of sp³-hybridized carbons (Fsp3) is 0.667. The topological polar surface area (TPSA) is 36.4 Å². The van der Waals surface area contributed by atoms with Gasteiger partial charge in [0.25, 0.3) is 0 Å². The Balaban J connectivity index is 3.98. The van der Waals surface area contributed by atoms with Crippen LogP contribution in [0.1, 0.15) is 26.7 Å². The number of nitrogens with one attached hydrogen (secondary N) is 2. The van der Waals surface area contributed by atoms with E-state index in [-0.39, 0.29) is 0 Å². The Labute approximate surface area is 85.3 Å². The molecular weight excluding hydrogens is 186 g/mol. The highest BCUT2D eigenvalue weighted by Crippen LogP contribution is 1.98. The molecule has 0 aromatic rings. The second-order valence-corrected chi connectivity index (χ2v) is 2.99. The van der Waals surface area contributed by atoms with Crippen LogP contribution >= 0.6 is 11.6 Å². The molecule has 0 rings (SSSR count). The molecule has 2 N–H and O–H groups in total. The van der Waals surface area contributed by atoms with Crippen molar-refractivity contribution in [2.24, 2.45) is 4.99 Å². The summed E-state index contributed by atoms with van der Waals surface area (Å²) in [6, 6.07) is 0.389. The Bertz CT molecular complexity index is 178. The Hall–Kier alpha value is -0.700. The van der Waals surface area contributed by atoms with Gasteiger partial charge in [-0.2, -0.15) is 0 Å². The molecule has 0 atom stereocenters. The molecule has 0 aliphatic heterocycles. The molecular formula is C9H18ClN3. The molecule has 4 heteroatoms. The minimum atomic E-state index is 0.389. The van der Waals surface area contributed by atoms with Gasteiger partial charge in [-0.3, -0.25) is 0 Å². The highest BCUT2D eigenvalue weighted by atomic mass is 35.5. The average Bonchev–Trinajstić information content (AvgIpc) is 2.13. The van der Waals surface area contributed by atoms with E-state index in [0.717, 1.165) is 24.5 Å². The zero-order chi connectivity index (χ0) is 10.1. The molecule has 0 fully saturated rings. The lowest BCUT2D eigenvalue weighted by molar-refractivity contribution is 0.692. The SMILES string of the molecule is C=N/C(NCCCC)=C(/C)NCCl. The summed E-state index contributed by atoms with van der Waals surface area (Å²) in [6.45, 7) is 8.48. The molecule has 0 aliphatic carbocycles. The van der Waals surface area contributed by atoms with Crippen molar-refractivity contribution in [3.63, 3.8) is 0 Å². The summed E-state index contributed by atoms with van der Waals surface area (Å²) >= 11 is 5.52. The zero-order valence-corrected chi connectivity index (χ0v) is 9.12. The van der Waals surface area contributed by atoms with Gasteiger partial charge in [-0.1, -0.05) is 13.3 Å². The third kappa shape index (κ3) is 5.53. The van der Waals surface area contributed by atoms with E-state index >= 15 is 0 Å². The number of alkyl halides is 1. The van der Waals surface area contributed by atoms with Gasteiger partial charge < -0.3 is 10.6 Å². The normalized spacial score (nSPS) is 11.9. The van der Waals surface area contributed by atoms with Gasteiger partial charge in [0, 0.05) is 6.54 Å². The Morgan fingerprint density at radius 3 is 2.62 bits per heavy atom. The number of hydrogen-bond acceptors (Lipinski definition) is 3. The molecule has 13 heavy (non-hydrogen) atoms. The van der Waals surface area contributed by atoms with Crippen molar-refractivity contribution in [1.29, 1.82) is 0 Å². The van der Waals surface area contributed by atoms with Crippen LogP contribution in [-0.2, 0) is 0 Å². The van der Waals surface area contributed by atoms with Crippen molar-refractivity contribution in [1.82, 2.24) is 10.6 Å². The molecule has 0 aromatic carbocycles. The Kier molecular flexibility index (Phi) is 7.50. The van der Waals surface area contributed by atoms with Crippen LogP contribution in [0.4, 0.5) is 0 Å². The first-order valence-corrected chi connectivity index (χ1v) is 5.01. The minimum absolute atomic E-state index is 0.389. The van der Waals surface area contributed by atoms with Crippen LogP contribution in [0.25, 0.3) is 0 Å². The van der Waals surface area contributed by atoms with Gasteiger partial charge in [0.15, 0.2) is 0 Å². The summed E-state index contributed by atoms with van der Waals surface area (Å²) in [5.74, 6) is 0.786. The highest BCUT2D eigenvalue weighted by Gasteiger charge is 1.97. The van der Waals surface area contributed by atoms with Crippen molar-refractivity contribution in [3.8, 4) is 0 Å². The van der Waals surface area contributed by atoms with E-state index in [1.54, 1.807) is 0 Å². The number of rotatable bonds is 7. The second-order valence-electron chi connectivity index (χ2n) is 2.72. The maximum atomic E-state index is 5.52.